The van der Waals surface area contributed by atoms with Gasteiger partial charge in [0.15, 0.2) is 0 Å². The Kier molecular flexibility index (Phi) is 3.59. The Hall–Kier alpha value is -1.61. The highest BCUT2D eigenvalue weighted by molar-refractivity contribution is 5.56. The highest BCUT2D eigenvalue weighted by atomic mass is 14.9. The Morgan fingerprint density at radius 3 is 2.53 bits per heavy atom. The molecule has 1 aromatic heterocycles. The molecule has 0 unspecified atom stereocenters. The van der Waals surface area contributed by atoms with Crippen molar-refractivity contribution in [1.29, 1.82) is 0 Å². The molecule has 0 amide bonds. The molecule has 0 radical (unpaired) electrons. The van der Waals surface area contributed by atoms with E-state index in [-0.39, 0.29) is 0 Å². The number of H-pyrrole nitrogens is 1. The summed E-state index contributed by atoms with van der Waals surface area (Å²) in [5.74, 6) is 0.939. The number of nitrogens with two attached hydrogens (primary N) is 1. The first kappa shape index (κ1) is 11.9. The van der Waals surface area contributed by atoms with Gasteiger partial charge in [0.25, 0.3) is 0 Å². The fourth-order valence-corrected chi connectivity index (χ4v) is 1.91. The van der Waals surface area contributed by atoms with Crippen LogP contribution in [0.25, 0.3) is 11.4 Å². The molecule has 0 saturated heterocycles. The van der Waals surface area contributed by atoms with Crippen molar-refractivity contribution < 1.29 is 0 Å². The van der Waals surface area contributed by atoms with E-state index < -0.39 is 0 Å². The first-order valence-corrected chi connectivity index (χ1v) is 6.09. The summed E-state index contributed by atoms with van der Waals surface area (Å²) in [6.45, 7) is 4.84. The molecule has 1 aromatic carbocycles. The molecule has 0 spiro atoms. The predicted octanol–water partition coefficient (Wildman–Crippen LogP) is 2.45. The van der Waals surface area contributed by atoms with Gasteiger partial charge in [0.2, 0.25) is 0 Å². The van der Waals surface area contributed by atoms with Gasteiger partial charge in [-0.2, -0.15) is 0 Å². The maximum Gasteiger partial charge on any atom is 0.137 e. The quantitative estimate of drug-likeness (QED) is 0.846. The van der Waals surface area contributed by atoms with Crippen LogP contribution in [0.15, 0.2) is 24.3 Å². The van der Waals surface area contributed by atoms with E-state index in [1.54, 1.807) is 0 Å². The van der Waals surface area contributed by atoms with E-state index in [0.717, 1.165) is 35.6 Å². The van der Waals surface area contributed by atoms with Gasteiger partial charge in [-0.05, 0) is 25.5 Å². The lowest BCUT2D eigenvalue weighted by molar-refractivity contribution is 0.924. The molecule has 0 atom stereocenters. The van der Waals surface area contributed by atoms with Crippen LogP contribution in [0.2, 0.25) is 0 Å². The highest BCUT2D eigenvalue weighted by Crippen LogP contribution is 2.19. The molecule has 2 rings (SSSR count). The van der Waals surface area contributed by atoms with Crippen LogP contribution in [0, 0.1) is 6.92 Å². The minimum Gasteiger partial charge on any atom is -0.342 e. The third kappa shape index (κ3) is 2.56. The Bertz CT molecular complexity index is 483. The van der Waals surface area contributed by atoms with Crippen LogP contribution in [0.5, 0.6) is 0 Å². The summed E-state index contributed by atoms with van der Waals surface area (Å²) in [7, 11) is 0. The van der Waals surface area contributed by atoms with Crippen molar-refractivity contribution in [2.75, 3.05) is 6.54 Å². The van der Waals surface area contributed by atoms with Crippen molar-refractivity contribution in [1.82, 2.24) is 9.97 Å². The van der Waals surface area contributed by atoms with E-state index in [4.69, 9.17) is 5.73 Å². The third-order valence-electron chi connectivity index (χ3n) is 3.00. The van der Waals surface area contributed by atoms with Gasteiger partial charge in [0.1, 0.15) is 5.82 Å². The van der Waals surface area contributed by atoms with E-state index in [9.17, 15) is 0 Å². The number of aryl methyl sites for hydroxylation is 2. The number of rotatable bonds is 4. The van der Waals surface area contributed by atoms with E-state index in [0.29, 0.717) is 6.54 Å². The van der Waals surface area contributed by atoms with Crippen LogP contribution in [-0.4, -0.2) is 16.5 Å². The maximum absolute atomic E-state index is 5.56. The summed E-state index contributed by atoms with van der Waals surface area (Å²) >= 11 is 0. The first-order valence-electron chi connectivity index (χ1n) is 6.09. The molecule has 0 aliphatic carbocycles. The number of nitrogens with one attached hydrogen (secondary N) is 1. The minimum absolute atomic E-state index is 0.639. The zero-order valence-corrected chi connectivity index (χ0v) is 10.5. The zero-order valence-electron chi connectivity index (χ0n) is 10.5. The van der Waals surface area contributed by atoms with Crippen LogP contribution in [0.1, 0.15) is 23.9 Å². The van der Waals surface area contributed by atoms with Crippen LogP contribution in [0.3, 0.4) is 0 Å². The average molecular weight is 229 g/mol. The van der Waals surface area contributed by atoms with Gasteiger partial charge in [-0.3, -0.25) is 0 Å². The van der Waals surface area contributed by atoms with Crippen molar-refractivity contribution in [3.63, 3.8) is 0 Å². The lowest BCUT2D eigenvalue weighted by atomic mass is 10.1. The van der Waals surface area contributed by atoms with Gasteiger partial charge in [-0.15, -0.1) is 0 Å². The number of aromatic amines is 1. The van der Waals surface area contributed by atoms with Gasteiger partial charge < -0.3 is 10.7 Å². The smallest absolute Gasteiger partial charge is 0.137 e. The monoisotopic (exact) mass is 229 g/mol. The zero-order chi connectivity index (χ0) is 12.3. The summed E-state index contributed by atoms with van der Waals surface area (Å²) in [6, 6.07) is 8.53. The maximum atomic E-state index is 5.56. The lowest BCUT2D eigenvalue weighted by Crippen LogP contribution is -2.03. The molecule has 90 valence electrons. The summed E-state index contributed by atoms with van der Waals surface area (Å²) in [6.07, 6.45) is 1.89. The molecule has 17 heavy (non-hydrogen) atoms. The normalized spacial score (nSPS) is 10.8. The largest absolute Gasteiger partial charge is 0.342 e. The molecule has 1 heterocycles. The summed E-state index contributed by atoms with van der Waals surface area (Å²) in [5, 5.41) is 0. The van der Waals surface area contributed by atoms with Crippen molar-refractivity contribution >= 4 is 0 Å². The molecule has 0 fully saturated rings. The van der Waals surface area contributed by atoms with E-state index in [1.165, 1.54) is 5.56 Å². The molecule has 3 N–H and O–H groups in total. The van der Waals surface area contributed by atoms with E-state index in [2.05, 4.69) is 41.2 Å². The van der Waals surface area contributed by atoms with Crippen LogP contribution in [0.4, 0.5) is 0 Å². The van der Waals surface area contributed by atoms with Gasteiger partial charge in [-0.1, -0.05) is 31.2 Å². The molecular formula is C14H19N3. The lowest BCUT2D eigenvalue weighted by Gasteiger charge is -1.99. The molecule has 0 aliphatic rings. The van der Waals surface area contributed by atoms with Crippen LogP contribution >= 0.6 is 0 Å². The van der Waals surface area contributed by atoms with Crippen LogP contribution < -0.4 is 5.73 Å². The van der Waals surface area contributed by atoms with Gasteiger partial charge in [0, 0.05) is 17.7 Å². The fourth-order valence-electron chi connectivity index (χ4n) is 1.91. The van der Waals surface area contributed by atoms with E-state index in [1.807, 2.05) is 6.92 Å². The second-order valence-electron chi connectivity index (χ2n) is 4.25. The molecule has 0 saturated carbocycles. The van der Waals surface area contributed by atoms with Gasteiger partial charge in [0.05, 0.1) is 5.69 Å². The Labute approximate surface area is 102 Å². The predicted molar refractivity (Wildman–Crippen MR) is 70.9 cm³/mol. The molecule has 0 bridgehead atoms. The Morgan fingerprint density at radius 2 is 1.94 bits per heavy atom. The minimum atomic E-state index is 0.639. The van der Waals surface area contributed by atoms with Crippen molar-refractivity contribution in [3.8, 4) is 11.4 Å². The summed E-state index contributed by atoms with van der Waals surface area (Å²) in [5.41, 5.74) is 10.2. The molecule has 0 aliphatic heterocycles. The fraction of sp³-hybridized carbons (Fsp3) is 0.357. The number of nitrogens with zero attached hydrogens (tertiary/aromatic N) is 1. The number of benzene rings is 1. The van der Waals surface area contributed by atoms with Crippen LogP contribution in [-0.2, 0) is 12.8 Å². The molecule has 3 nitrogen and oxygen atoms in total. The van der Waals surface area contributed by atoms with E-state index >= 15 is 0 Å². The summed E-state index contributed by atoms with van der Waals surface area (Å²) < 4.78 is 0. The van der Waals surface area contributed by atoms with Gasteiger partial charge in [-0.25, -0.2) is 4.98 Å². The second kappa shape index (κ2) is 5.15. The number of hydrogen-bond acceptors (Lipinski definition) is 2. The molecule has 3 heteroatoms. The Morgan fingerprint density at radius 1 is 1.24 bits per heavy atom. The van der Waals surface area contributed by atoms with Gasteiger partial charge >= 0.3 is 0 Å². The highest BCUT2D eigenvalue weighted by Gasteiger charge is 2.07. The number of hydrogen-bond donors (Lipinski definition) is 2. The van der Waals surface area contributed by atoms with Crippen molar-refractivity contribution in [3.05, 3.63) is 41.2 Å². The SMILES string of the molecule is CCc1ccc(-c2nc(CCN)c(C)[nH]2)cc1. The van der Waals surface area contributed by atoms with Crippen molar-refractivity contribution in [2.24, 2.45) is 5.73 Å². The summed E-state index contributed by atoms with van der Waals surface area (Å²) in [4.78, 5) is 7.91. The number of imidazole rings is 1. The molecule has 2 aromatic rings. The average Bonchev–Trinajstić information content (AvgIpc) is 2.72. The first-order chi connectivity index (χ1) is 8.24. The topological polar surface area (TPSA) is 54.7 Å². The Balaban J connectivity index is 2.29. The standard InChI is InChI=1S/C14H19N3/c1-3-11-4-6-12(7-5-11)14-16-10(2)13(17-14)8-9-15/h4-7H,3,8-9,15H2,1-2H3,(H,16,17). The second-order valence-corrected chi connectivity index (χ2v) is 4.25. The van der Waals surface area contributed by atoms with Crippen molar-refractivity contribution in [2.45, 2.75) is 26.7 Å². The number of aromatic nitrogens is 2. The molecular weight excluding hydrogens is 210 g/mol. The third-order valence-corrected chi connectivity index (χ3v) is 3.00.